The van der Waals surface area contributed by atoms with Gasteiger partial charge in [0.2, 0.25) is 5.91 Å². The summed E-state index contributed by atoms with van der Waals surface area (Å²) < 4.78 is 2.10. The Morgan fingerprint density at radius 2 is 1.90 bits per heavy atom. The Bertz CT molecular complexity index is 1160. The summed E-state index contributed by atoms with van der Waals surface area (Å²) in [5, 5.41) is 3.83. The zero-order chi connectivity index (χ0) is 21.6. The number of carbonyl (C=O) groups excluding carboxylic acids is 2. The third-order valence-corrected chi connectivity index (χ3v) is 6.68. The number of ketones is 1. The van der Waals surface area contributed by atoms with Crippen LogP contribution in [0, 0.1) is 12.3 Å². The van der Waals surface area contributed by atoms with Gasteiger partial charge in [-0.05, 0) is 68.5 Å². The molecule has 6 heteroatoms. The lowest BCUT2D eigenvalue weighted by Gasteiger charge is -2.21. The number of aromatic nitrogens is 2. The molecule has 1 N–H and O–H groups in total. The van der Waals surface area contributed by atoms with E-state index in [0.717, 1.165) is 42.9 Å². The number of rotatable bonds is 5. The molecule has 1 aromatic heterocycles. The van der Waals surface area contributed by atoms with Crippen LogP contribution in [-0.4, -0.2) is 21.2 Å². The summed E-state index contributed by atoms with van der Waals surface area (Å²) in [6.45, 7) is 1.97. The Morgan fingerprint density at radius 3 is 2.65 bits per heavy atom. The molecule has 2 aliphatic rings. The number of fused-ring (bicyclic) bond motifs is 3. The normalized spacial score (nSPS) is 18.5. The summed E-state index contributed by atoms with van der Waals surface area (Å²) >= 11 is 5.93. The minimum absolute atomic E-state index is 0.0186. The average molecular weight is 434 g/mol. The highest BCUT2D eigenvalue weighted by atomic mass is 35.5. The molecule has 0 saturated heterocycles. The van der Waals surface area contributed by atoms with Crippen molar-refractivity contribution in [2.45, 2.75) is 45.1 Å². The maximum atomic E-state index is 13.3. The maximum absolute atomic E-state index is 13.3. The van der Waals surface area contributed by atoms with Crippen molar-refractivity contribution in [1.29, 1.82) is 0 Å². The Kier molecular flexibility index (Phi) is 4.94. The van der Waals surface area contributed by atoms with Crippen LogP contribution in [0.2, 0.25) is 5.02 Å². The largest absolute Gasteiger partial charge is 0.346 e. The zero-order valence-corrected chi connectivity index (χ0v) is 18.2. The number of Topliss-reactive ketones (excluding diaryl/α,β-unsaturated/α-hetero) is 1. The molecule has 1 saturated carbocycles. The van der Waals surface area contributed by atoms with Gasteiger partial charge in [-0.2, -0.15) is 0 Å². The molecule has 5 rings (SSSR count). The lowest BCUT2D eigenvalue weighted by Crippen LogP contribution is -2.37. The van der Waals surface area contributed by atoms with Crippen LogP contribution >= 0.6 is 11.6 Å². The van der Waals surface area contributed by atoms with Crippen molar-refractivity contribution in [2.24, 2.45) is 5.41 Å². The van der Waals surface area contributed by atoms with Crippen LogP contribution in [0.4, 0.5) is 0 Å². The van der Waals surface area contributed by atoms with Gasteiger partial charge in [-0.15, -0.1) is 0 Å². The van der Waals surface area contributed by atoms with Crippen molar-refractivity contribution in [3.05, 3.63) is 82.4 Å². The maximum Gasteiger partial charge on any atom is 0.227 e. The number of amides is 1. The summed E-state index contributed by atoms with van der Waals surface area (Å²) in [6, 6.07) is 15.0. The summed E-state index contributed by atoms with van der Waals surface area (Å²) in [6.07, 6.45) is 5.36. The van der Waals surface area contributed by atoms with Gasteiger partial charge in [0.15, 0.2) is 5.78 Å². The number of halogens is 1. The van der Waals surface area contributed by atoms with Crippen LogP contribution in [0.1, 0.15) is 59.2 Å². The van der Waals surface area contributed by atoms with Crippen molar-refractivity contribution in [3.63, 3.8) is 0 Å². The van der Waals surface area contributed by atoms with E-state index in [9.17, 15) is 9.59 Å². The molecule has 2 heterocycles. The van der Waals surface area contributed by atoms with E-state index in [1.54, 1.807) is 24.3 Å². The van der Waals surface area contributed by atoms with Crippen LogP contribution in [0.15, 0.2) is 54.7 Å². The fourth-order valence-corrected chi connectivity index (χ4v) is 4.60. The number of nitrogens with zero attached hydrogens (tertiary/aromatic N) is 2. The van der Waals surface area contributed by atoms with Crippen LogP contribution in [0.25, 0.3) is 5.69 Å². The van der Waals surface area contributed by atoms with E-state index in [4.69, 9.17) is 16.6 Å². The SMILES string of the molecule is Cc1cn2c(n1)C(NC(=O)C1(CC(=O)c3ccc(Cl)cc3)CC1)CCc1ccccc1-2. The summed E-state index contributed by atoms with van der Waals surface area (Å²) in [7, 11) is 0. The zero-order valence-electron chi connectivity index (χ0n) is 17.4. The first-order valence-electron chi connectivity index (χ1n) is 10.7. The van der Waals surface area contributed by atoms with E-state index in [1.807, 2.05) is 25.3 Å². The smallest absolute Gasteiger partial charge is 0.227 e. The van der Waals surface area contributed by atoms with Crippen LogP contribution in [0.3, 0.4) is 0 Å². The highest BCUT2D eigenvalue weighted by Gasteiger charge is 2.51. The van der Waals surface area contributed by atoms with Gasteiger partial charge in [-0.3, -0.25) is 9.59 Å². The molecule has 1 aliphatic carbocycles. The number of hydrogen-bond donors (Lipinski definition) is 1. The second-order valence-electron chi connectivity index (χ2n) is 8.69. The Labute approximate surface area is 186 Å². The Morgan fingerprint density at radius 1 is 1.16 bits per heavy atom. The second kappa shape index (κ2) is 7.65. The molecule has 2 aromatic carbocycles. The third kappa shape index (κ3) is 3.79. The van der Waals surface area contributed by atoms with Gasteiger partial charge in [0.1, 0.15) is 5.82 Å². The highest BCUT2D eigenvalue weighted by Crippen LogP contribution is 2.50. The first kappa shape index (κ1) is 20.0. The number of benzene rings is 2. The molecule has 0 radical (unpaired) electrons. The van der Waals surface area contributed by atoms with Gasteiger partial charge < -0.3 is 9.88 Å². The van der Waals surface area contributed by atoms with Gasteiger partial charge in [0.25, 0.3) is 0 Å². The number of aryl methyl sites for hydroxylation is 2. The second-order valence-corrected chi connectivity index (χ2v) is 9.13. The number of nitrogens with one attached hydrogen (secondary N) is 1. The standard InChI is InChI=1S/C25H24ClN3O2/c1-16-15-29-21-5-3-2-4-17(21)8-11-20(23(29)27-16)28-24(31)25(12-13-25)14-22(30)18-6-9-19(26)10-7-18/h2-7,9-10,15,20H,8,11-14H2,1H3,(H,28,31). The fourth-order valence-electron chi connectivity index (χ4n) is 4.47. The molecule has 31 heavy (non-hydrogen) atoms. The molecule has 1 unspecified atom stereocenters. The van der Waals surface area contributed by atoms with Gasteiger partial charge in [0, 0.05) is 28.9 Å². The minimum atomic E-state index is -0.609. The van der Waals surface area contributed by atoms with Gasteiger partial charge in [-0.25, -0.2) is 4.98 Å². The van der Waals surface area contributed by atoms with E-state index in [2.05, 4.69) is 22.0 Å². The summed E-state index contributed by atoms with van der Waals surface area (Å²) in [5.41, 5.74) is 3.28. The third-order valence-electron chi connectivity index (χ3n) is 6.42. The van der Waals surface area contributed by atoms with Crippen molar-refractivity contribution in [1.82, 2.24) is 14.9 Å². The number of hydrogen-bond acceptors (Lipinski definition) is 3. The molecule has 3 aromatic rings. The quantitative estimate of drug-likeness (QED) is 0.576. The molecular formula is C25H24ClN3O2. The van der Waals surface area contributed by atoms with Crippen LogP contribution in [0.5, 0.6) is 0 Å². The lowest BCUT2D eigenvalue weighted by atomic mass is 9.94. The first-order valence-corrected chi connectivity index (χ1v) is 11.1. The van der Waals surface area contributed by atoms with Crippen LogP contribution < -0.4 is 5.32 Å². The monoisotopic (exact) mass is 433 g/mol. The first-order chi connectivity index (χ1) is 14.9. The van der Waals surface area contributed by atoms with E-state index < -0.39 is 5.41 Å². The molecule has 5 nitrogen and oxygen atoms in total. The average Bonchev–Trinajstić information content (AvgIpc) is 3.47. The molecular weight excluding hydrogens is 410 g/mol. The molecule has 1 aliphatic heterocycles. The van der Waals surface area contributed by atoms with Crippen molar-refractivity contribution < 1.29 is 9.59 Å². The Hall–Kier alpha value is -2.92. The summed E-state index contributed by atoms with van der Waals surface area (Å²) in [4.78, 5) is 30.8. The van der Waals surface area contributed by atoms with Gasteiger partial charge >= 0.3 is 0 Å². The molecule has 1 atom stereocenters. The van der Waals surface area contributed by atoms with Gasteiger partial charge in [0.05, 0.1) is 17.2 Å². The predicted octanol–water partition coefficient (Wildman–Crippen LogP) is 4.99. The molecule has 1 amide bonds. The van der Waals surface area contributed by atoms with Crippen molar-refractivity contribution in [2.75, 3.05) is 0 Å². The Balaban J connectivity index is 1.36. The topological polar surface area (TPSA) is 64.0 Å². The van der Waals surface area contributed by atoms with Crippen molar-refractivity contribution >= 4 is 23.3 Å². The van der Waals surface area contributed by atoms with E-state index >= 15 is 0 Å². The number of imidazole rings is 1. The lowest BCUT2D eigenvalue weighted by molar-refractivity contribution is -0.127. The molecule has 0 bridgehead atoms. The molecule has 158 valence electrons. The molecule has 0 spiro atoms. The predicted molar refractivity (Wildman–Crippen MR) is 120 cm³/mol. The number of para-hydroxylation sites is 1. The highest BCUT2D eigenvalue weighted by molar-refractivity contribution is 6.30. The molecule has 1 fully saturated rings. The van der Waals surface area contributed by atoms with E-state index in [0.29, 0.717) is 10.6 Å². The van der Waals surface area contributed by atoms with Gasteiger partial charge in [-0.1, -0.05) is 29.8 Å². The summed E-state index contributed by atoms with van der Waals surface area (Å²) in [5.74, 6) is 0.795. The fraction of sp³-hybridized carbons (Fsp3) is 0.320. The minimum Gasteiger partial charge on any atom is -0.346 e. The van der Waals surface area contributed by atoms with E-state index in [-0.39, 0.29) is 24.2 Å². The van der Waals surface area contributed by atoms with Crippen LogP contribution in [-0.2, 0) is 11.2 Å². The van der Waals surface area contributed by atoms with E-state index in [1.165, 1.54) is 5.56 Å². The number of carbonyl (C=O) groups is 2. The van der Waals surface area contributed by atoms with Crippen molar-refractivity contribution in [3.8, 4) is 5.69 Å².